The van der Waals surface area contributed by atoms with Gasteiger partial charge in [-0.15, -0.1) is 0 Å². The van der Waals surface area contributed by atoms with Crippen LogP contribution in [-0.2, 0) is 26.2 Å². The van der Waals surface area contributed by atoms with Gasteiger partial charge in [-0.1, -0.05) is 53.6 Å². The van der Waals surface area contributed by atoms with Crippen LogP contribution in [0.1, 0.15) is 25.0 Å². The van der Waals surface area contributed by atoms with Crippen LogP contribution >= 0.6 is 11.6 Å². The number of halogens is 1. The Morgan fingerprint density at radius 2 is 1.63 bits per heavy atom. The fraction of sp³-hybridized carbons (Fsp3) is 0.286. The van der Waals surface area contributed by atoms with Crippen LogP contribution in [0, 0.1) is 6.92 Å². The van der Waals surface area contributed by atoms with E-state index in [9.17, 15) is 18.0 Å². The lowest BCUT2D eigenvalue weighted by Crippen LogP contribution is -2.50. The number of carbonyl (C=O) groups is 2. The normalized spacial score (nSPS) is 11.9. The van der Waals surface area contributed by atoms with Gasteiger partial charge in [-0.05, 0) is 62.7 Å². The molecule has 3 aromatic rings. The number of ether oxygens (including phenoxy) is 1. The van der Waals surface area contributed by atoms with Gasteiger partial charge in [0.2, 0.25) is 11.8 Å². The van der Waals surface area contributed by atoms with Gasteiger partial charge in [-0.3, -0.25) is 13.9 Å². The van der Waals surface area contributed by atoms with Crippen molar-refractivity contribution >= 4 is 39.1 Å². The minimum atomic E-state index is -4.18. The Hall–Kier alpha value is -3.56. The minimum absolute atomic E-state index is 0.0332. The molecular formula is C28H32ClN3O5S. The van der Waals surface area contributed by atoms with Gasteiger partial charge in [0.05, 0.1) is 17.2 Å². The molecule has 0 aromatic heterocycles. The lowest BCUT2D eigenvalue weighted by Gasteiger charge is -2.32. The summed E-state index contributed by atoms with van der Waals surface area (Å²) in [5.41, 5.74) is 1.86. The topological polar surface area (TPSA) is 96.0 Å². The van der Waals surface area contributed by atoms with Crippen LogP contribution in [0.25, 0.3) is 0 Å². The quantitative estimate of drug-likeness (QED) is 0.377. The third kappa shape index (κ3) is 6.85. The first-order valence-corrected chi connectivity index (χ1v) is 14.0. The summed E-state index contributed by atoms with van der Waals surface area (Å²) in [4.78, 5) is 27.8. The number of likely N-dealkylation sites (N-methyl/N-ethyl adjacent to an activating group) is 1. The standard InChI is InChI=1S/C28H32ClN3O5S/c1-5-37-26-9-7-6-8-25(26)32(38(35,36)24-16-10-20(2)11-17-24)19-27(33)31(21(3)28(34)30-4)18-22-12-14-23(29)15-13-22/h6-17,21H,5,18-19H2,1-4H3,(H,30,34). The van der Waals surface area contributed by atoms with Gasteiger partial charge < -0.3 is 15.0 Å². The van der Waals surface area contributed by atoms with Gasteiger partial charge in [-0.2, -0.15) is 0 Å². The molecule has 2 amide bonds. The summed E-state index contributed by atoms with van der Waals surface area (Å²) in [6.45, 7) is 5.08. The smallest absolute Gasteiger partial charge is 0.264 e. The molecule has 8 nitrogen and oxygen atoms in total. The maximum Gasteiger partial charge on any atom is 0.264 e. The molecule has 0 aliphatic carbocycles. The van der Waals surface area contributed by atoms with Crippen molar-refractivity contribution in [1.29, 1.82) is 0 Å². The largest absolute Gasteiger partial charge is 0.492 e. The van der Waals surface area contributed by atoms with Crippen LogP contribution in [-0.4, -0.2) is 51.4 Å². The molecule has 0 spiro atoms. The number of rotatable bonds is 11. The summed E-state index contributed by atoms with van der Waals surface area (Å²) >= 11 is 6.01. The molecule has 0 aliphatic rings. The summed E-state index contributed by atoms with van der Waals surface area (Å²) in [5.74, 6) is -0.616. The summed E-state index contributed by atoms with van der Waals surface area (Å²) in [6, 6.07) is 19.1. The van der Waals surface area contributed by atoms with Crippen LogP contribution in [0.2, 0.25) is 5.02 Å². The number of hydrogen-bond acceptors (Lipinski definition) is 5. The van der Waals surface area contributed by atoms with Crippen molar-refractivity contribution in [2.45, 2.75) is 38.3 Å². The monoisotopic (exact) mass is 557 g/mol. The van der Waals surface area contributed by atoms with E-state index >= 15 is 0 Å². The van der Waals surface area contributed by atoms with Crippen molar-refractivity contribution < 1.29 is 22.7 Å². The van der Waals surface area contributed by atoms with Crippen molar-refractivity contribution in [2.75, 3.05) is 24.5 Å². The summed E-state index contributed by atoms with van der Waals surface area (Å²) in [5, 5.41) is 3.10. The number of aryl methyl sites for hydroxylation is 1. The van der Waals surface area contributed by atoms with Gasteiger partial charge in [-0.25, -0.2) is 8.42 Å². The average Bonchev–Trinajstić information content (AvgIpc) is 2.91. The van der Waals surface area contributed by atoms with Crippen molar-refractivity contribution in [3.8, 4) is 5.75 Å². The first-order valence-electron chi connectivity index (χ1n) is 12.1. The van der Waals surface area contributed by atoms with E-state index in [-0.39, 0.29) is 23.0 Å². The Balaban J connectivity index is 2.08. The number of para-hydroxylation sites is 2. The lowest BCUT2D eigenvalue weighted by atomic mass is 10.1. The molecule has 0 heterocycles. The van der Waals surface area contributed by atoms with Crippen LogP contribution in [0.3, 0.4) is 0 Å². The van der Waals surface area contributed by atoms with Gasteiger partial charge in [0.15, 0.2) is 0 Å². The van der Waals surface area contributed by atoms with Crippen molar-refractivity contribution in [3.63, 3.8) is 0 Å². The van der Waals surface area contributed by atoms with E-state index < -0.39 is 28.5 Å². The van der Waals surface area contributed by atoms with Gasteiger partial charge >= 0.3 is 0 Å². The Labute approximate surface area is 229 Å². The van der Waals surface area contributed by atoms with E-state index in [4.69, 9.17) is 16.3 Å². The highest BCUT2D eigenvalue weighted by atomic mass is 35.5. The lowest BCUT2D eigenvalue weighted by molar-refractivity contribution is -0.139. The highest BCUT2D eigenvalue weighted by Crippen LogP contribution is 2.33. The summed E-state index contributed by atoms with van der Waals surface area (Å²) in [6.07, 6.45) is 0. The molecule has 0 fully saturated rings. The zero-order valence-electron chi connectivity index (χ0n) is 21.8. The fourth-order valence-electron chi connectivity index (χ4n) is 3.87. The molecule has 0 saturated carbocycles. The maximum atomic E-state index is 13.9. The maximum absolute atomic E-state index is 13.9. The number of carbonyl (C=O) groups excluding carboxylic acids is 2. The van der Waals surface area contributed by atoms with E-state index in [2.05, 4.69) is 5.32 Å². The molecule has 38 heavy (non-hydrogen) atoms. The number of sulfonamides is 1. The van der Waals surface area contributed by atoms with Crippen molar-refractivity contribution in [3.05, 3.63) is 88.9 Å². The number of amides is 2. The summed E-state index contributed by atoms with van der Waals surface area (Å²) in [7, 11) is -2.70. The first-order chi connectivity index (χ1) is 18.1. The molecule has 0 radical (unpaired) electrons. The number of benzene rings is 3. The molecule has 202 valence electrons. The molecule has 1 atom stereocenters. The molecule has 0 aliphatic heterocycles. The Kier molecular flexibility index (Phi) is 9.77. The SMILES string of the molecule is CCOc1ccccc1N(CC(=O)N(Cc1ccc(Cl)cc1)C(C)C(=O)NC)S(=O)(=O)c1ccc(C)cc1. The molecule has 1 unspecified atom stereocenters. The molecule has 10 heteroatoms. The van der Waals surface area contributed by atoms with E-state index in [1.165, 1.54) is 24.1 Å². The second kappa shape index (κ2) is 12.8. The van der Waals surface area contributed by atoms with Gasteiger partial charge in [0.25, 0.3) is 10.0 Å². The Bertz CT molecular complexity index is 1360. The Morgan fingerprint density at radius 1 is 1.00 bits per heavy atom. The zero-order chi connectivity index (χ0) is 27.9. The van der Waals surface area contributed by atoms with Gasteiger partial charge in [0.1, 0.15) is 18.3 Å². The Morgan fingerprint density at radius 3 is 2.24 bits per heavy atom. The molecule has 1 N–H and O–H groups in total. The molecular weight excluding hydrogens is 526 g/mol. The second-order valence-electron chi connectivity index (χ2n) is 8.66. The average molecular weight is 558 g/mol. The van der Waals surface area contributed by atoms with Crippen LogP contribution < -0.4 is 14.4 Å². The second-order valence-corrected chi connectivity index (χ2v) is 11.0. The third-order valence-electron chi connectivity index (χ3n) is 6.00. The summed E-state index contributed by atoms with van der Waals surface area (Å²) < 4.78 is 34.6. The van der Waals surface area contributed by atoms with E-state index in [1.54, 1.807) is 74.5 Å². The van der Waals surface area contributed by atoms with Crippen molar-refractivity contribution in [2.24, 2.45) is 0 Å². The minimum Gasteiger partial charge on any atom is -0.492 e. The zero-order valence-corrected chi connectivity index (χ0v) is 23.4. The van der Waals surface area contributed by atoms with E-state index in [0.29, 0.717) is 17.4 Å². The van der Waals surface area contributed by atoms with Crippen LogP contribution in [0.4, 0.5) is 5.69 Å². The number of hydrogen-bond donors (Lipinski definition) is 1. The van der Waals surface area contributed by atoms with E-state index in [0.717, 1.165) is 15.4 Å². The third-order valence-corrected chi connectivity index (χ3v) is 8.03. The highest BCUT2D eigenvalue weighted by molar-refractivity contribution is 7.92. The molecule has 0 bridgehead atoms. The number of nitrogens with one attached hydrogen (secondary N) is 1. The molecule has 0 saturated heterocycles. The first kappa shape index (κ1) is 29.0. The highest BCUT2D eigenvalue weighted by Gasteiger charge is 2.33. The predicted octanol–water partition coefficient (Wildman–Crippen LogP) is 4.41. The van der Waals surface area contributed by atoms with E-state index in [1.807, 2.05) is 6.92 Å². The fourth-order valence-corrected chi connectivity index (χ4v) is 5.42. The number of anilines is 1. The van der Waals surface area contributed by atoms with Crippen LogP contribution in [0.5, 0.6) is 5.75 Å². The number of nitrogens with zero attached hydrogens (tertiary/aromatic N) is 2. The molecule has 3 rings (SSSR count). The van der Waals surface area contributed by atoms with Gasteiger partial charge in [0, 0.05) is 18.6 Å². The van der Waals surface area contributed by atoms with Crippen LogP contribution in [0.15, 0.2) is 77.7 Å². The predicted molar refractivity (Wildman–Crippen MR) is 149 cm³/mol. The molecule has 3 aromatic carbocycles. The van der Waals surface area contributed by atoms with Crippen molar-refractivity contribution in [1.82, 2.24) is 10.2 Å².